The molecule has 10 aromatic rings. The van der Waals surface area contributed by atoms with Gasteiger partial charge in [-0.1, -0.05) is 140 Å². The van der Waals surface area contributed by atoms with Gasteiger partial charge in [-0.15, -0.1) is 0 Å². The van der Waals surface area contributed by atoms with Gasteiger partial charge in [0.1, 0.15) is 0 Å². The van der Waals surface area contributed by atoms with Crippen molar-refractivity contribution in [1.82, 2.24) is 9.97 Å². The quantitative estimate of drug-likeness (QED) is 0.142. The summed E-state index contributed by atoms with van der Waals surface area (Å²) in [5, 5.41) is 9.57. The van der Waals surface area contributed by atoms with Gasteiger partial charge in [-0.05, 0) is 102 Å². The van der Waals surface area contributed by atoms with Crippen LogP contribution in [0.25, 0.3) is 98.8 Å². The van der Waals surface area contributed by atoms with Gasteiger partial charge in [0.05, 0.1) is 16.7 Å². The van der Waals surface area contributed by atoms with Crippen molar-refractivity contribution < 1.29 is 0 Å². The maximum absolute atomic E-state index is 5.31. The number of benzene rings is 8. The number of hydrogen-bond donors (Lipinski definition) is 0. The number of fused-ring (bicyclic) bond motifs is 6. The zero-order valence-corrected chi connectivity index (χ0v) is 27.2. The largest absolute Gasteiger partial charge is 0.254 e. The van der Waals surface area contributed by atoms with Gasteiger partial charge in [-0.25, -0.2) is 4.98 Å². The molecule has 0 amide bonds. The summed E-state index contributed by atoms with van der Waals surface area (Å²) in [4.78, 5) is 10.1. The average molecular weight is 635 g/mol. The molecule has 0 aliphatic carbocycles. The molecule has 0 atom stereocenters. The molecule has 0 aliphatic rings. The van der Waals surface area contributed by atoms with Crippen LogP contribution >= 0.6 is 0 Å². The predicted molar refractivity (Wildman–Crippen MR) is 211 cm³/mol. The molecule has 8 aromatic carbocycles. The van der Waals surface area contributed by atoms with Crippen LogP contribution in [0, 0.1) is 0 Å². The first kappa shape index (κ1) is 28.4. The fourth-order valence-electron chi connectivity index (χ4n) is 7.70. The Morgan fingerprint density at radius 2 is 0.840 bits per heavy atom. The Morgan fingerprint density at radius 1 is 0.300 bits per heavy atom. The highest BCUT2D eigenvalue weighted by atomic mass is 14.7. The summed E-state index contributed by atoms with van der Waals surface area (Å²) in [6, 6.07) is 63.5. The molecule has 2 heteroatoms. The normalized spacial score (nSPS) is 11.6. The second-order valence-corrected chi connectivity index (χ2v) is 13.0. The maximum atomic E-state index is 5.31. The predicted octanol–water partition coefficient (Wildman–Crippen LogP) is 12.9. The van der Waals surface area contributed by atoms with Crippen molar-refractivity contribution in [2.24, 2.45) is 0 Å². The molecule has 0 spiro atoms. The molecule has 2 nitrogen and oxygen atoms in total. The second-order valence-electron chi connectivity index (χ2n) is 13.0. The second kappa shape index (κ2) is 11.5. The first-order valence-electron chi connectivity index (χ1n) is 17.1. The van der Waals surface area contributed by atoms with E-state index in [-0.39, 0.29) is 0 Å². The van der Waals surface area contributed by atoms with Gasteiger partial charge in [0.2, 0.25) is 0 Å². The van der Waals surface area contributed by atoms with E-state index in [1.54, 1.807) is 0 Å². The van der Waals surface area contributed by atoms with Crippen LogP contribution < -0.4 is 0 Å². The molecule has 0 unspecified atom stereocenters. The molecule has 0 N–H and O–H groups in total. The summed E-state index contributed by atoms with van der Waals surface area (Å²) in [5.74, 6) is 0. The van der Waals surface area contributed by atoms with Crippen molar-refractivity contribution in [3.63, 3.8) is 0 Å². The van der Waals surface area contributed by atoms with E-state index in [9.17, 15) is 0 Å². The van der Waals surface area contributed by atoms with Gasteiger partial charge < -0.3 is 0 Å². The summed E-state index contributed by atoms with van der Waals surface area (Å²) >= 11 is 0. The van der Waals surface area contributed by atoms with Crippen LogP contribution in [0.4, 0.5) is 0 Å². The molecule has 2 aromatic heterocycles. The van der Waals surface area contributed by atoms with Gasteiger partial charge >= 0.3 is 0 Å². The molecular weight excluding hydrogens is 605 g/mol. The Kier molecular flexibility index (Phi) is 6.53. The fourth-order valence-corrected chi connectivity index (χ4v) is 7.70. The Hall–Kier alpha value is -6.64. The lowest BCUT2D eigenvalue weighted by atomic mass is 9.84. The summed E-state index contributed by atoms with van der Waals surface area (Å²) in [5.41, 5.74) is 11.0. The fraction of sp³-hybridized carbons (Fsp3) is 0. The summed E-state index contributed by atoms with van der Waals surface area (Å²) in [6.07, 6.45) is 1.85. The summed E-state index contributed by atoms with van der Waals surface area (Å²) < 4.78 is 0. The zero-order chi connectivity index (χ0) is 33.0. The van der Waals surface area contributed by atoms with Crippen LogP contribution in [0.3, 0.4) is 0 Å². The molecule has 0 saturated heterocycles. The lowest BCUT2D eigenvalue weighted by Gasteiger charge is -2.19. The van der Waals surface area contributed by atoms with E-state index in [0.717, 1.165) is 44.2 Å². The highest BCUT2D eigenvalue weighted by Crippen LogP contribution is 2.45. The van der Waals surface area contributed by atoms with Crippen LogP contribution in [0.1, 0.15) is 0 Å². The SMILES string of the molecule is c1ccc(-c2c3ccccc3c(-c3cc(-c4ccc5ccccc5c4)cc(-c4ccc5ccc6cccnc6c5n4)c3)c3ccccc23)cc1. The maximum Gasteiger partial charge on any atom is 0.0972 e. The monoisotopic (exact) mass is 634 g/mol. The Morgan fingerprint density at radius 3 is 1.58 bits per heavy atom. The minimum absolute atomic E-state index is 0.918. The van der Waals surface area contributed by atoms with Crippen LogP contribution in [-0.2, 0) is 0 Å². The molecule has 0 radical (unpaired) electrons. The number of rotatable bonds is 4. The first-order valence-corrected chi connectivity index (χ1v) is 17.1. The molecule has 10 rings (SSSR count). The number of nitrogens with zero attached hydrogens (tertiary/aromatic N) is 2. The Bertz CT molecular complexity index is 2870. The third-order valence-corrected chi connectivity index (χ3v) is 10.0. The van der Waals surface area contributed by atoms with Gasteiger partial charge in [0.25, 0.3) is 0 Å². The Balaban J connectivity index is 1.29. The van der Waals surface area contributed by atoms with E-state index in [1.165, 1.54) is 54.6 Å². The third-order valence-electron chi connectivity index (χ3n) is 10.0. The zero-order valence-electron chi connectivity index (χ0n) is 27.2. The molecule has 0 aliphatic heterocycles. The number of aromatic nitrogens is 2. The van der Waals surface area contributed by atoms with Crippen LogP contribution in [0.2, 0.25) is 0 Å². The van der Waals surface area contributed by atoms with Crippen molar-refractivity contribution in [3.8, 4) is 44.6 Å². The van der Waals surface area contributed by atoms with Crippen molar-refractivity contribution >= 4 is 54.1 Å². The van der Waals surface area contributed by atoms with Crippen molar-refractivity contribution in [1.29, 1.82) is 0 Å². The van der Waals surface area contributed by atoms with E-state index >= 15 is 0 Å². The number of pyridine rings is 2. The lowest BCUT2D eigenvalue weighted by Crippen LogP contribution is -1.93. The molecule has 0 fully saturated rings. The summed E-state index contributed by atoms with van der Waals surface area (Å²) in [6.45, 7) is 0. The van der Waals surface area contributed by atoms with E-state index in [1.807, 2.05) is 12.3 Å². The smallest absolute Gasteiger partial charge is 0.0972 e. The number of hydrogen-bond acceptors (Lipinski definition) is 2. The first-order chi connectivity index (χ1) is 24.8. The van der Waals surface area contributed by atoms with Gasteiger partial charge in [0, 0.05) is 22.5 Å². The molecule has 0 bridgehead atoms. The minimum Gasteiger partial charge on any atom is -0.254 e. The van der Waals surface area contributed by atoms with Crippen LogP contribution in [0.5, 0.6) is 0 Å². The van der Waals surface area contributed by atoms with Crippen LogP contribution in [0.15, 0.2) is 182 Å². The molecule has 0 saturated carbocycles. The van der Waals surface area contributed by atoms with E-state index < -0.39 is 0 Å². The summed E-state index contributed by atoms with van der Waals surface area (Å²) in [7, 11) is 0. The van der Waals surface area contributed by atoms with Crippen molar-refractivity contribution in [2.75, 3.05) is 0 Å². The molecule has 2 heterocycles. The van der Waals surface area contributed by atoms with E-state index in [2.05, 4.69) is 170 Å². The Labute approximate surface area is 290 Å². The minimum atomic E-state index is 0.918. The van der Waals surface area contributed by atoms with E-state index in [0.29, 0.717) is 0 Å². The topological polar surface area (TPSA) is 25.8 Å². The molecule has 50 heavy (non-hydrogen) atoms. The highest BCUT2D eigenvalue weighted by Gasteiger charge is 2.18. The van der Waals surface area contributed by atoms with Gasteiger partial charge in [0.15, 0.2) is 0 Å². The standard InChI is InChI=1S/C48H30N2/c1-2-12-32(13-3-1)45-40-16-6-8-18-42(40)46(43-19-9-7-17-41(43)45)39-29-37(36-23-20-31-11-4-5-14-35(31)27-36)28-38(30-39)44-25-24-34-22-21-33-15-10-26-49-47(33)48(34)50-44/h1-30H. The average Bonchev–Trinajstić information content (AvgIpc) is 3.19. The third kappa shape index (κ3) is 4.65. The highest BCUT2D eigenvalue weighted by molar-refractivity contribution is 6.21. The lowest BCUT2D eigenvalue weighted by molar-refractivity contribution is 1.37. The van der Waals surface area contributed by atoms with E-state index in [4.69, 9.17) is 9.97 Å². The molecular formula is C48H30N2. The van der Waals surface area contributed by atoms with Crippen molar-refractivity contribution in [2.45, 2.75) is 0 Å². The van der Waals surface area contributed by atoms with Gasteiger partial charge in [-0.2, -0.15) is 0 Å². The van der Waals surface area contributed by atoms with Crippen molar-refractivity contribution in [3.05, 3.63) is 182 Å². The molecule has 232 valence electrons. The van der Waals surface area contributed by atoms with Gasteiger partial charge in [-0.3, -0.25) is 4.98 Å². The van der Waals surface area contributed by atoms with Crippen LogP contribution in [-0.4, -0.2) is 9.97 Å².